The molecular weight excluding hydrogens is 196 g/mol. The molecule has 4 nitrogen and oxygen atoms in total. The lowest BCUT2D eigenvalue weighted by Crippen LogP contribution is -2.53. The second-order valence-corrected chi connectivity index (χ2v) is 4.56. The molecule has 0 aromatic carbocycles. The SMILES string of the molecule is CN(C)C1(CNC(=S)NN)CCCC1. The van der Waals surface area contributed by atoms with E-state index in [0.717, 1.165) is 6.54 Å². The van der Waals surface area contributed by atoms with Gasteiger partial charge >= 0.3 is 0 Å². The predicted octanol–water partition coefficient (Wildman–Crippen LogP) is 0.199. The molecule has 0 amide bonds. The smallest absolute Gasteiger partial charge is 0.180 e. The number of hydrogen-bond donors (Lipinski definition) is 3. The first-order chi connectivity index (χ1) is 6.60. The Bertz CT molecular complexity index is 199. The Kier molecular flexibility index (Phi) is 4.10. The zero-order valence-corrected chi connectivity index (χ0v) is 9.78. The van der Waals surface area contributed by atoms with E-state index >= 15 is 0 Å². The maximum Gasteiger partial charge on any atom is 0.180 e. The fourth-order valence-corrected chi connectivity index (χ4v) is 2.18. The van der Waals surface area contributed by atoms with E-state index < -0.39 is 0 Å². The van der Waals surface area contributed by atoms with Gasteiger partial charge in [0.25, 0.3) is 0 Å². The highest BCUT2D eigenvalue weighted by Crippen LogP contribution is 2.32. The van der Waals surface area contributed by atoms with Crippen LogP contribution < -0.4 is 16.6 Å². The van der Waals surface area contributed by atoms with Crippen LogP contribution in [-0.2, 0) is 0 Å². The Morgan fingerprint density at radius 3 is 2.43 bits per heavy atom. The van der Waals surface area contributed by atoms with Gasteiger partial charge in [0, 0.05) is 12.1 Å². The van der Waals surface area contributed by atoms with E-state index in [0.29, 0.717) is 5.11 Å². The van der Waals surface area contributed by atoms with E-state index in [4.69, 9.17) is 18.1 Å². The van der Waals surface area contributed by atoms with Crippen molar-refractivity contribution in [2.75, 3.05) is 20.6 Å². The standard InChI is InChI=1S/C9H20N4S/c1-13(2)9(5-3-4-6-9)7-11-8(14)12-10/h3-7,10H2,1-2H3,(H2,11,12,14). The highest BCUT2D eigenvalue weighted by Gasteiger charge is 2.35. The van der Waals surface area contributed by atoms with E-state index in [1.807, 2.05) is 0 Å². The van der Waals surface area contributed by atoms with Gasteiger partial charge in [-0.3, -0.25) is 0 Å². The van der Waals surface area contributed by atoms with E-state index in [9.17, 15) is 0 Å². The maximum atomic E-state index is 5.21. The summed E-state index contributed by atoms with van der Waals surface area (Å²) in [6, 6.07) is 0. The lowest BCUT2D eigenvalue weighted by atomic mass is 9.96. The van der Waals surface area contributed by atoms with Crippen LogP contribution in [0.25, 0.3) is 0 Å². The number of hydrazine groups is 1. The van der Waals surface area contributed by atoms with Crippen molar-refractivity contribution in [2.24, 2.45) is 5.84 Å². The van der Waals surface area contributed by atoms with E-state index in [1.54, 1.807) is 0 Å². The van der Waals surface area contributed by atoms with Crippen molar-refractivity contribution in [2.45, 2.75) is 31.2 Å². The molecule has 0 radical (unpaired) electrons. The minimum absolute atomic E-state index is 0.265. The second kappa shape index (κ2) is 4.91. The van der Waals surface area contributed by atoms with Gasteiger partial charge in [0.05, 0.1) is 0 Å². The van der Waals surface area contributed by atoms with Crippen molar-refractivity contribution in [3.63, 3.8) is 0 Å². The lowest BCUT2D eigenvalue weighted by Gasteiger charge is -2.36. The third-order valence-electron chi connectivity index (χ3n) is 3.19. The summed E-state index contributed by atoms with van der Waals surface area (Å²) in [6.45, 7) is 0.878. The number of nitrogens with two attached hydrogens (primary N) is 1. The summed E-state index contributed by atoms with van der Waals surface area (Å²) in [5.41, 5.74) is 2.71. The molecule has 0 unspecified atom stereocenters. The first-order valence-corrected chi connectivity index (χ1v) is 5.43. The highest BCUT2D eigenvalue weighted by molar-refractivity contribution is 7.80. The molecular formula is C9H20N4S. The van der Waals surface area contributed by atoms with Gasteiger partial charge in [-0.2, -0.15) is 0 Å². The van der Waals surface area contributed by atoms with Crippen LogP contribution in [-0.4, -0.2) is 36.2 Å². The molecule has 1 fully saturated rings. The van der Waals surface area contributed by atoms with Crippen LogP contribution in [0, 0.1) is 0 Å². The fraction of sp³-hybridized carbons (Fsp3) is 0.889. The average Bonchev–Trinajstić information content (AvgIpc) is 2.64. The normalized spacial score (nSPS) is 19.7. The minimum atomic E-state index is 0.265. The molecule has 4 N–H and O–H groups in total. The third-order valence-corrected chi connectivity index (χ3v) is 3.45. The van der Waals surface area contributed by atoms with Gasteiger partial charge in [-0.05, 0) is 39.2 Å². The Morgan fingerprint density at radius 2 is 2.00 bits per heavy atom. The molecule has 0 bridgehead atoms. The van der Waals surface area contributed by atoms with Gasteiger partial charge in [-0.25, -0.2) is 5.84 Å². The Hall–Kier alpha value is -0.390. The maximum absolute atomic E-state index is 5.21. The predicted molar refractivity (Wildman–Crippen MR) is 62.8 cm³/mol. The molecule has 1 aliphatic rings. The first kappa shape index (κ1) is 11.7. The Labute approximate surface area is 91.2 Å². The number of nitrogens with zero attached hydrogens (tertiary/aromatic N) is 1. The van der Waals surface area contributed by atoms with Gasteiger partial charge in [-0.15, -0.1) is 0 Å². The summed E-state index contributed by atoms with van der Waals surface area (Å²) >= 11 is 4.96. The number of likely N-dealkylation sites (N-methyl/N-ethyl adjacent to an activating group) is 1. The van der Waals surface area contributed by atoms with Crippen LogP contribution in [0.3, 0.4) is 0 Å². The first-order valence-electron chi connectivity index (χ1n) is 5.03. The van der Waals surface area contributed by atoms with E-state index in [2.05, 4.69) is 29.7 Å². The van der Waals surface area contributed by atoms with Crippen molar-refractivity contribution in [1.29, 1.82) is 0 Å². The van der Waals surface area contributed by atoms with E-state index in [1.165, 1.54) is 25.7 Å². The highest BCUT2D eigenvalue weighted by atomic mass is 32.1. The fourth-order valence-electron chi connectivity index (χ4n) is 2.11. The Balaban J connectivity index is 2.48. The van der Waals surface area contributed by atoms with Crippen LogP contribution in [0.15, 0.2) is 0 Å². The summed E-state index contributed by atoms with van der Waals surface area (Å²) in [5, 5.41) is 3.68. The number of nitrogens with one attached hydrogen (secondary N) is 2. The number of rotatable bonds is 3. The number of thiocarbonyl (C=S) groups is 1. The van der Waals surface area contributed by atoms with Gasteiger partial charge in [0.1, 0.15) is 0 Å². The summed E-state index contributed by atoms with van der Waals surface area (Å²) in [7, 11) is 4.26. The zero-order valence-electron chi connectivity index (χ0n) is 8.97. The Morgan fingerprint density at radius 1 is 1.43 bits per heavy atom. The minimum Gasteiger partial charge on any atom is -0.360 e. The van der Waals surface area contributed by atoms with Gasteiger partial charge in [0.2, 0.25) is 0 Å². The molecule has 0 saturated heterocycles. The van der Waals surface area contributed by atoms with Gasteiger partial charge < -0.3 is 15.6 Å². The van der Waals surface area contributed by atoms with Crippen LogP contribution in [0.2, 0.25) is 0 Å². The third kappa shape index (κ3) is 2.56. The van der Waals surface area contributed by atoms with Crippen molar-refractivity contribution in [3.8, 4) is 0 Å². The van der Waals surface area contributed by atoms with Crippen LogP contribution >= 0.6 is 12.2 Å². The molecule has 0 spiro atoms. The summed E-state index contributed by atoms with van der Waals surface area (Å²) in [6.07, 6.45) is 5.09. The van der Waals surface area contributed by atoms with Crippen LogP contribution in [0.4, 0.5) is 0 Å². The summed E-state index contributed by atoms with van der Waals surface area (Å²) in [5.74, 6) is 5.21. The largest absolute Gasteiger partial charge is 0.360 e. The van der Waals surface area contributed by atoms with E-state index in [-0.39, 0.29) is 5.54 Å². The topological polar surface area (TPSA) is 53.3 Å². The number of hydrogen-bond acceptors (Lipinski definition) is 3. The van der Waals surface area contributed by atoms with Crippen LogP contribution in [0.5, 0.6) is 0 Å². The molecule has 1 aliphatic carbocycles. The molecule has 0 aromatic rings. The zero-order chi connectivity index (χ0) is 10.6. The van der Waals surface area contributed by atoms with Crippen molar-refractivity contribution in [3.05, 3.63) is 0 Å². The van der Waals surface area contributed by atoms with Gasteiger partial charge in [0.15, 0.2) is 5.11 Å². The molecule has 0 aliphatic heterocycles. The lowest BCUT2D eigenvalue weighted by molar-refractivity contribution is 0.161. The van der Waals surface area contributed by atoms with Gasteiger partial charge in [-0.1, -0.05) is 12.8 Å². The quantitative estimate of drug-likeness (QED) is 0.357. The molecule has 1 saturated carbocycles. The molecule has 0 heterocycles. The average molecular weight is 216 g/mol. The monoisotopic (exact) mass is 216 g/mol. The van der Waals surface area contributed by atoms with Crippen molar-refractivity contribution in [1.82, 2.24) is 15.6 Å². The molecule has 82 valence electrons. The summed E-state index contributed by atoms with van der Waals surface area (Å²) < 4.78 is 0. The van der Waals surface area contributed by atoms with Crippen molar-refractivity contribution < 1.29 is 0 Å². The molecule has 0 atom stereocenters. The van der Waals surface area contributed by atoms with Crippen molar-refractivity contribution >= 4 is 17.3 Å². The molecule has 0 aromatic heterocycles. The molecule has 14 heavy (non-hydrogen) atoms. The second-order valence-electron chi connectivity index (χ2n) is 4.15. The van der Waals surface area contributed by atoms with Crippen LogP contribution in [0.1, 0.15) is 25.7 Å². The molecule has 1 rings (SSSR count). The molecule has 5 heteroatoms. The summed E-state index contributed by atoms with van der Waals surface area (Å²) in [4.78, 5) is 2.30.